The second-order valence-electron chi connectivity index (χ2n) is 4.37. The van der Waals surface area contributed by atoms with Gasteiger partial charge in [0.05, 0.1) is 13.2 Å². The molecule has 1 atom stereocenters. The van der Waals surface area contributed by atoms with Crippen molar-refractivity contribution in [1.29, 1.82) is 0 Å². The molecule has 0 aromatic rings. The van der Waals surface area contributed by atoms with Gasteiger partial charge in [-0.1, -0.05) is 0 Å². The zero-order valence-corrected chi connectivity index (χ0v) is 9.97. The lowest BCUT2D eigenvalue weighted by Crippen LogP contribution is -2.44. The molecule has 0 radical (unpaired) electrons. The summed E-state index contributed by atoms with van der Waals surface area (Å²) in [5, 5.41) is 6.95. The van der Waals surface area contributed by atoms with E-state index in [0.29, 0.717) is 18.8 Å². The topological polar surface area (TPSA) is 42.5 Å². The molecule has 1 aliphatic heterocycles. The maximum Gasteiger partial charge on any atom is 0.0700 e. The van der Waals surface area contributed by atoms with Crippen molar-refractivity contribution in [2.24, 2.45) is 0 Å². The van der Waals surface area contributed by atoms with E-state index in [-0.39, 0.29) is 0 Å². The van der Waals surface area contributed by atoms with Gasteiger partial charge in [-0.15, -0.1) is 0 Å². The highest BCUT2D eigenvalue weighted by Gasteiger charge is 2.26. The number of hydrogen-bond donors (Lipinski definition) is 2. The number of hydrogen-bond acceptors (Lipinski definition) is 4. The third kappa shape index (κ3) is 5.47. The van der Waals surface area contributed by atoms with Crippen molar-refractivity contribution in [3.63, 3.8) is 0 Å². The molecule has 4 nitrogen and oxygen atoms in total. The summed E-state index contributed by atoms with van der Waals surface area (Å²) < 4.78 is 10.3. The van der Waals surface area contributed by atoms with E-state index in [1.807, 2.05) is 0 Å². The van der Waals surface area contributed by atoms with Crippen LogP contribution in [0.1, 0.15) is 19.8 Å². The predicted octanol–water partition coefficient (Wildman–Crippen LogP) is 0.381. The molecule has 1 saturated heterocycles. The van der Waals surface area contributed by atoms with Gasteiger partial charge in [0.15, 0.2) is 0 Å². The molecule has 0 amide bonds. The van der Waals surface area contributed by atoms with Crippen LogP contribution in [0.25, 0.3) is 0 Å². The van der Waals surface area contributed by atoms with Crippen molar-refractivity contribution in [2.75, 3.05) is 46.6 Å². The Morgan fingerprint density at radius 3 is 2.87 bits per heavy atom. The average molecular weight is 216 g/mol. The van der Waals surface area contributed by atoms with E-state index in [0.717, 1.165) is 32.7 Å². The Hall–Kier alpha value is -0.160. The fourth-order valence-corrected chi connectivity index (χ4v) is 1.78. The molecule has 15 heavy (non-hydrogen) atoms. The lowest BCUT2D eigenvalue weighted by molar-refractivity contribution is 0.0688. The van der Waals surface area contributed by atoms with E-state index >= 15 is 0 Å². The van der Waals surface area contributed by atoms with Gasteiger partial charge in [-0.3, -0.25) is 0 Å². The van der Waals surface area contributed by atoms with E-state index in [2.05, 4.69) is 17.6 Å². The van der Waals surface area contributed by atoms with E-state index < -0.39 is 0 Å². The highest BCUT2D eigenvalue weighted by molar-refractivity contribution is 4.91. The first-order chi connectivity index (χ1) is 7.27. The van der Waals surface area contributed by atoms with Crippen molar-refractivity contribution in [3.8, 4) is 0 Å². The number of rotatable bonds is 8. The molecule has 1 rings (SSSR count). The van der Waals surface area contributed by atoms with Crippen LogP contribution in [0, 0.1) is 0 Å². The van der Waals surface area contributed by atoms with E-state index in [1.54, 1.807) is 7.11 Å². The Bertz CT molecular complexity index is 159. The smallest absolute Gasteiger partial charge is 0.0700 e. The zero-order valence-electron chi connectivity index (χ0n) is 9.97. The van der Waals surface area contributed by atoms with Gasteiger partial charge in [0.2, 0.25) is 0 Å². The molecule has 1 heterocycles. The summed E-state index contributed by atoms with van der Waals surface area (Å²) in [6.07, 6.45) is 2.29. The largest absolute Gasteiger partial charge is 0.382 e. The summed E-state index contributed by atoms with van der Waals surface area (Å²) in [7, 11) is 1.69. The van der Waals surface area contributed by atoms with Crippen LogP contribution in [-0.4, -0.2) is 52.1 Å². The van der Waals surface area contributed by atoms with Gasteiger partial charge in [-0.05, 0) is 32.9 Å². The van der Waals surface area contributed by atoms with Gasteiger partial charge in [-0.25, -0.2) is 0 Å². The minimum Gasteiger partial charge on any atom is -0.382 e. The second kappa shape index (κ2) is 7.17. The molecule has 4 heteroatoms. The molecule has 0 spiro atoms. The molecule has 1 aliphatic rings. The van der Waals surface area contributed by atoms with Crippen LogP contribution >= 0.6 is 0 Å². The van der Waals surface area contributed by atoms with Crippen molar-refractivity contribution in [2.45, 2.75) is 25.3 Å². The van der Waals surface area contributed by atoms with Gasteiger partial charge in [-0.2, -0.15) is 0 Å². The second-order valence-corrected chi connectivity index (χ2v) is 4.37. The summed E-state index contributed by atoms with van der Waals surface area (Å²) in [4.78, 5) is 0. The summed E-state index contributed by atoms with van der Waals surface area (Å²) >= 11 is 0. The van der Waals surface area contributed by atoms with Crippen molar-refractivity contribution in [3.05, 3.63) is 0 Å². The maximum atomic E-state index is 5.39. The molecule has 1 unspecified atom stereocenters. The van der Waals surface area contributed by atoms with Crippen LogP contribution in [0.4, 0.5) is 0 Å². The minimum absolute atomic E-state index is 0.298. The molecule has 0 bridgehead atoms. The van der Waals surface area contributed by atoms with Gasteiger partial charge >= 0.3 is 0 Å². The van der Waals surface area contributed by atoms with Gasteiger partial charge in [0, 0.05) is 25.8 Å². The standard InChI is InChI=1S/C11H24N2O2/c1-11(4-6-12-10-11)13-5-3-7-15-9-8-14-2/h12-13H,3-10H2,1-2H3. The fourth-order valence-electron chi connectivity index (χ4n) is 1.78. The molecule has 0 aromatic heterocycles. The van der Waals surface area contributed by atoms with Crippen molar-refractivity contribution in [1.82, 2.24) is 10.6 Å². The monoisotopic (exact) mass is 216 g/mol. The lowest BCUT2D eigenvalue weighted by Gasteiger charge is -2.24. The van der Waals surface area contributed by atoms with Crippen LogP contribution < -0.4 is 10.6 Å². The van der Waals surface area contributed by atoms with E-state index in [1.165, 1.54) is 6.42 Å². The Kier molecular flexibility index (Phi) is 6.17. The number of nitrogens with one attached hydrogen (secondary N) is 2. The summed E-state index contributed by atoms with van der Waals surface area (Å²) in [5.41, 5.74) is 0.298. The SMILES string of the molecule is COCCOCCCNC1(C)CCNC1. The molecule has 0 saturated carbocycles. The molecule has 1 fully saturated rings. The van der Waals surface area contributed by atoms with Gasteiger partial charge < -0.3 is 20.1 Å². The molecule has 90 valence electrons. The molecule has 0 aromatic carbocycles. The Morgan fingerprint density at radius 1 is 1.33 bits per heavy atom. The minimum atomic E-state index is 0.298. The summed E-state index contributed by atoms with van der Waals surface area (Å²) in [6, 6.07) is 0. The Balaban J connectivity index is 1.88. The van der Waals surface area contributed by atoms with Crippen LogP contribution in [0.15, 0.2) is 0 Å². The molecular formula is C11H24N2O2. The quantitative estimate of drug-likeness (QED) is 0.576. The fraction of sp³-hybridized carbons (Fsp3) is 1.00. The lowest BCUT2D eigenvalue weighted by atomic mass is 10.0. The van der Waals surface area contributed by atoms with Crippen LogP contribution in [0.3, 0.4) is 0 Å². The highest BCUT2D eigenvalue weighted by atomic mass is 16.5. The molecular weight excluding hydrogens is 192 g/mol. The summed E-state index contributed by atoms with van der Waals surface area (Å²) in [6.45, 7) is 7.74. The van der Waals surface area contributed by atoms with E-state index in [9.17, 15) is 0 Å². The third-order valence-electron chi connectivity index (χ3n) is 2.82. The first-order valence-corrected chi connectivity index (χ1v) is 5.79. The molecule has 2 N–H and O–H groups in total. The Labute approximate surface area is 92.7 Å². The maximum absolute atomic E-state index is 5.39. The zero-order chi connectivity index (χ0) is 11.0. The molecule has 0 aliphatic carbocycles. The number of methoxy groups -OCH3 is 1. The van der Waals surface area contributed by atoms with Crippen LogP contribution in [-0.2, 0) is 9.47 Å². The normalized spacial score (nSPS) is 26.0. The highest BCUT2D eigenvalue weighted by Crippen LogP contribution is 2.12. The van der Waals surface area contributed by atoms with Crippen molar-refractivity contribution >= 4 is 0 Å². The van der Waals surface area contributed by atoms with Gasteiger partial charge in [0.1, 0.15) is 0 Å². The average Bonchev–Trinajstić information content (AvgIpc) is 2.64. The van der Waals surface area contributed by atoms with Crippen molar-refractivity contribution < 1.29 is 9.47 Å². The Morgan fingerprint density at radius 2 is 2.20 bits per heavy atom. The first-order valence-electron chi connectivity index (χ1n) is 5.79. The van der Waals surface area contributed by atoms with E-state index in [4.69, 9.17) is 9.47 Å². The number of ether oxygens (including phenoxy) is 2. The predicted molar refractivity (Wildman–Crippen MR) is 61.2 cm³/mol. The van der Waals surface area contributed by atoms with Gasteiger partial charge in [0.25, 0.3) is 0 Å². The summed E-state index contributed by atoms with van der Waals surface area (Å²) in [5.74, 6) is 0. The van der Waals surface area contributed by atoms with Crippen LogP contribution in [0.5, 0.6) is 0 Å². The van der Waals surface area contributed by atoms with Crippen LogP contribution in [0.2, 0.25) is 0 Å². The first kappa shape index (κ1) is 12.9. The third-order valence-corrected chi connectivity index (χ3v) is 2.82.